The van der Waals surface area contributed by atoms with Crippen LogP contribution in [0.5, 0.6) is 0 Å². The van der Waals surface area contributed by atoms with E-state index < -0.39 is 15.5 Å². The summed E-state index contributed by atoms with van der Waals surface area (Å²) in [6.07, 6.45) is 3.61. The summed E-state index contributed by atoms with van der Waals surface area (Å²) in [5.74, 6) is 0.572. The van der Waals surface area contributed by atoms with E-state index in [1.54, 1.807) is 47.2 Å². The Morgan fingerprint density at radius 2 is 1.75 bits per heavy atom. The molecule has 3 aromatic carbocycles. The minimum atomic E-state index is -5.55. The number of nitrogens with zero attached hydrogens (tertiary/aromatic N) is 1. The molecule has 1 aromatic heterocycles. The van der Waals surface area contributed by atoms with Crippen LogP contribution in [0, 0.1) is 0 Å². The van der Waals surface area contributed by atoms with Gasteiger partial charge in [-0.2, -0.15) is 21.6 Å². The van der Waals surface area contributed by atoms with E-state index in [1.807, 2.05) is 18.2 Å². The number of benzene rings is 3. The van der Waals surface area contributed by atoms with Crippen LogP contribution in [-0.2, 0) is 10.0 Å². The van der Waals surface area contributed by atoms with E-state index in [9.17, 15) is 21.6 Å². The molecular formula is C22H15ClF3N3O2S. The minimum Gasteiger partial charge on any atom is -0.338 e. The molecule has 1 heterocycles. The number of imidazole rings is 1. The van der Waals surface area contributed by atoms with E-state index >= 15 is 0 Å². The molecule has 4 rings (SSSR count). The fourth-order valence-electron chi connectivity index (χ4n) is 3.08. The molecule has 2 N–H and O–H groups in total. The zero-order valence-electron chi connectivity index (χ0n) is 16.2. The van der Waals surface area contributed by atoms with Gasteiger partial charge in [0.2, 0.25) is 0 Å². The van der Waals surface area contributed by atoms with Crippen molar-refractivity contribution in [2.75, 3.05) is 4.72 Å². The first kappa shape index (κ1) is 21.9. The zero-order chi connectivity index (χ0) is 22.9. The topological polar surface area (TPSA) is 74.8 Å². The number of H-pyrrole nitrogens is 1. The molecule has 0 aliphatic heterocycles. The molecule has 0 atom stereocenters. The second kappa shape index (κ2) is 8.33. The second-order valence-corrected chi connectivity index (χ2v) is 8.95. The summed E-state index contributed by atoms with van der Waals surface area (Å²) in [7, 11) is -5.55. The lowest BCUT2D eigenvalue weighted by molar-refractivity contribution is -0.0429. The highest BCUT2D eigenvalue weighted by Gasteiger charge is 2.46. The molecule has 5 nitrogen and oxygen atoms in total. The first-order chi connectivity index (χ1) is 15.1. The van der Waals surface area contributed by atoms with Crippen molar-refractivity contribution in [3.05, 3.63) is 83.1 Å². The quantitative estimate of drug-likeness (QED) is 0.353. The number of halogens is 4. The van der Waals surface area contributed by atoms with Gasteiger partial charge in [0.25, 0.3) is 0 Å². The van der Waals surface area contributed by atoms with Crippen molar-refractivity contribution < 1.29 is 21.6 Å². The smallest absolute Gasteiger partial charge is 0.338 e. The lowest BCUT2D eigenvalue weighted by atomic mass is 10.0. The number of para-hydroxylation sites is 1. The number of alkyl halides is 3. The van der Waals surface area contributed by atoms with Crippen molar-refractivity contribution in [3.63, 3.8) is 0 Å². The van der Waals surface area contributed by atoms with Gasteiger partial charge in [-0.1, -0.05) is 54.1 Å². The van der Waals surface area contributed by atoms with Gasteiger partial charge in [-0.05, 0) is 47.5 Å². The Kier molecular flexibility index (Phi) is 5.70. The molecule has 4 aromatic rings. The van der Waals surface area contributed by atoms with E-state index in [1.165, 1.54) is 18.2 Å². The van der Waals surface area contributed by atoms with Gasteiger partial charge in [-0.25, -0.2) is 4.98 Å². The fourth-order valence-corrected chi connectivity index (χ4v) is 3.87. The van der Waals surface area contributed by atoms with Crippen molar-refractivity contribution in [2.24, 2.45) is 0 Å². The molecule has 0 saturated carbocycles. The summed E-state index contributed by atoms with van der Waals surface area (Å²) in [4.78, 5) is 7.63. The maximum atomic E-state index is 12.8. The predicted octanol–water partition coefficient (Wildman–Crippen LogP) is 6.32. The number of nitrogens with one attached hydrogen (secondary N) is 2. The van der Waals surface area contributed by atoms with Crippen LogP contribution in [0.15, 0.2) is 66.7 Å². The molecule has 0 spiro atoms. The lowest BCUT2D eigenvalue weighted by Gasteiger charge is -2.14. The molecule has 10 heteroatoms. The Morgan fingerprint density at radius 3 is 2.50 bits per heavy atom. The second-order valence-electron chi connectivity index (χ2n) is 6.84. The third kappa shape index (κ3) is 4.63. The molecule has 0 aliphatic rings. The normalized spacial score (nSPS) is 12.5. The average Bonchev–Trinajstić information content (AvgIpc) is 3.14. The molecule has 32 heavy (non-hydrogen) atoms. The number of hydrogen-bond acceptors (Lipinski definition) is 3. The SMILES string of the molecule is O=S(=O)(Nc1ccccc1-c1ccc2[nH]c(C=Cc3cccc(Cl)c3)nc2c1)C(F)(F)F. The Hall–Kier alpha value is -3.30. The minimum absolute atomic E-state index is 0.180. The van der Waals surface area contributed by atoms with Gasteiger partial charge in [0, 0.05) is 10.6 Å². The molecule has 0 saturated heterocycles. The third-order valence-electron chi connectivity index (χ3n) is 4.57. The van der Waals surface area contributed by atoms with Crippen molar-refractivity contribution in [1.29, 1.82) is 0 Å². The van der Waals surface area contributed by atoms with Crippen LogP contribution in [0.3, 0.4) is 0 Å². The van der Waals surface area contributed by atoms with E-state index in [0.717, 1.165) is 5.56 Å². The van der Waals surface area contributed by atoms with Gasteiger partial charge in [-0.15, -0.1) is 0 Å². The van der Waals surface area contributed by atoms with Crippen LogP contribution in [0.2, 0.25) is 5.02 Å². The van der Waals surface area contributed by atoms with Gasteiger partial charge < -0.3 is 4.98 Å². The number of aromatic nitrogens is 2. The molecule has 0 fully saturated rings. The maximum Gasteiger partial charge on any atom is 0.516 e. The van der Waals surface area contributed by atoms with Gasteiger partial charge >= 0.3 is 15.5 Å². The fraction of sp³-hybridized carbons (Fsp3) is 0.0455. The number of anilines is 1. The summed E-state index contributed by atoms with van der Waals surface area (Å²) in [6, 6.07) is 18.2. The molecule has 0 unspecified atom stereocenters. The Morgan fingerprint density at radius 1 is 0.969 bits per heavy atom. The molecule has 0 amide bonds. The maximum absolute atomic E-state index is 12.8. The summed E-state index contributed by atoms with van der Waals surface area (Å²) < 4.78 is 63.2. The first-order valence-electron chi connectivity index (χ1n) is 9.24. The number of sulfonamides is 1. The van der Waals surface area contributed by atoms with Gasteiger partial charge in [0.15, 0.2) is 0 Å². The Labute approximate surface area is 186 Å². The standard InChI is InChI=1S/C22H15ClF3N3O2S/c23-16-5-3-4-14(12-16)8-11-21-27-19-10-9-15(13-20(19)28-21)17-6-1-2-7-18(17)29-32(30,31)22(24,25)26/h1-13,29H,(H,27,28). The van der Waals surface area contributed by atoms with Crippen LogP contribution in [0.1, 0.15) is 11.4 Å². The number of rotatable bonds is 5. The van der Waals surface area contributed by atoms with E-state index in [0.29, 0.717) is 33.0 Å². The number of aromatic amines is 1. The van der Waals surface area contributed by atoms with Crippen molar-refractivity contribution >= 4 is 50.5 Å². The van der Waals surface area contributed by atoms with Crippen molar-refractivity contribution in [3.8, 4) is 11.1 Å². The van der Waals surface area contributed by atoms with E-state index in [4.69, 9.17) is 11.6 Å². The zero-order valence-corrected chi connectivity index (χ0v) is 17.8. The summed E-state index contributed by atoms with van der Waals surface area (Å²) >= 11 is 5.98. The molecule has 0 radical (unpaired) electrons. The number of hydrogen-bond donors (Lipinski definition) is 2. The Bertz CT molecular complexity index is 1430. The van der Waals surface area contributed by atoms with Crippen molar-refractivity contribution in [2.45, 2.75) is 5.51 Å². The monoisotopic (exact) mass is 477 g/mol. The molecule has 164 valence electrons. The summed E-state index contributed by atoms with van der Waals surface area (Å²) in [6.45, 7) is 0. The highest BCUT2D eigenvalue weighted by atomic mass is 35.5. The third-order valence-corrected chi connectivity index (χ3v) is 5.90. The van der Waals surface area contributed by atoms with E-state index in [-0.39, 0.29) is 5.69 Å². The van der Waals surface area contributed by atoms with Crippen LogP contribution < -0.4 is 4.72 Å². The predicted molar refractivity (Wildman–Crippen MR) is 121 cm³/mol. The molecular weight excluding hydrogens is 463 g/mol. The van der Waals surface area contributed by atoms with Crippen LogP contribution in [0.25, 0.3) is 34.3 Å². The molecule has 0 bridgehead atoms. The highest BCUT2D eigenvalue weighted by Crippen LogP contribution is 2.33. The van der Waals surface area contributed by atoms with Crippen LogP contribution in [0.4, 0.5) is 18.9 Å². The largest absolute Gasteiger partial charge is 0.516 e. The highest BCUT2D eigenvalue weighted by molar-refractivity contribution is 7.93. The van der Waals surface area contributed by atoms with Crippen LogP contribution in [-0.4, -0.2) is 23.9 Å². The summed E-state index contributed by atoms with van der Waals surface area (Å²) in [5, 5.41) is 0.612. The average molecular weight is 478 g/mol. The number of fused-ring (bicyclic) bond motifs is 1. The Balaban J connectivity index is 1.67. The van der Waals surface area contributed by atoms with Gasteiger partial charge in [-0.3, -0.25) is 4.72 Å². The van der Waals surface area contributed by atoms with Crippen molar-refractivity contribution in [1.82, 2.24) is 9.97 Å². The lowest BCUT2D eigenvalue weighted by Crippen LogP contribution is -2.30. The first-order valence-corrected chi connectivity index (χ1v) is 11.1. The van der Waals surface area contributed by atoms with E-state index in [2.05, 4.69) is 9.97 Å². The summed E-state index contributed by atoms with van der Waals surface area (Å²) in [5.41, 5.74) is -2.62. The van der Waals surface area contributed by atoms with Gasteiger partial charge in [0.05, 0.1) is 16.7 Å². The van der Waals surface area contributed by atoms with Crippen LogP contribution >= 0.6 is 11.6 Å². The van der Waals surface area contributed by atoms with Gasteiger partial charge in [0.1, 0.15) is 5.82 Å². The molecule has 0 aliphatic carbocycles.